The lowest BCUT2D eigenvalue weighted by molar-refractivity contribution is 0.0745. The summed E-state index contributed by atoms with van der Waals surface area (Å²) in [7, 11) is 0. The molecule has 2 aliphatic rings. The van der Waals surface area contributed by atoms with E-state index in [2.05, 4.69) is 32.2 Å². The first-order chi connectivity index (χ1) is 10.8. The Kier molecular flexibility index (Phi) is 3.35. The summed E-state index contributed by atoms with van der Waals surface area (Å²) in [6.07, 6.45) is 3.98. The zero-order valence-electron chi connectivity index (χ0n) is 12.5. The molecule has 2 atom stereocenters. The molecule has 0 saturated carbocycles. The van der Waals surface area contributed by atoms with Gasteiger partial charge >= 0.3 is 0 Å². The van der Waals surface area contributed by atoms with Gasteiger partial charge in [0.1, 0.15) is 11.9 Å². The quantitative estimate of drug-likeness (QED) is 0.869. The number of nitrogens with zero attached hydrogens (tertiary/aromatic N) is 4. The Morgan fingerprint density at radius 1 is 1.14 bits per heavy atom. The van der Waals surface area contributed by atoms with Crippen LogP contribution in [-0.2, 0) is 11.4 Å². The van der Waals surface area contributed by atoms with E-state index in [1.165, 1.54) is 0 Å². The number of benzene rings is 1. The van der Waals surface area contributed by atoms with E-state index in [4.69, 9.17) is 4.84 Å². The number of oxime groups is 1. The molecule has 2 aromatic rings. The Hall–Kier alpha value is -2.27. The molecule has 0 N–H and O–H groups in total. The smallest absolute Gasteiger partial charge is 0.149 e. The van der Waals surface area contributed by atoms with Crippen LogP contribution in [0.3, 0.4) is 0 Å². The lowest BCUT2D eigenvalue weighted by atomic mass is 9.95. The maximum atomic E-state index is 5.65. The van der Waals surface area contributed by atoms with Crippen LogP contribution >= 0.6 is 0 Å². The topological polar surface area (TPSA) is 50.6 Å². The largest absolute Gasteiger partial charge is 0.390 e. The van der Waals surface area contributed by atoms with Gasteiger partial charge in [-0.2, -0.15) is 0 Å². The van der Waals surface area contributed by atoms with Gasteiger partial charge in [0, 0.05) is 37.6 Å². The van der Waals surface area contributed by atoms with E-state index in [0.29, 0.717) is 5.92 Å². The van der Waals surface area contributed by atoms with E-state index >= 15 is 0 Å². The molecule has 0 bridgehead atoms. The zero-order valence-corrected chi connectivity index (χ0v) is 12.5. The first-order valence-electron chi connectivity index (χ1n) is 7.58. The highest BCUT2D eigenvalue weighted by Crippen LogP contribution is 2.30. The minimum Gasteiger partial charge on any atom is -0.390 e. The molecule has 3 heterocycles. The third kappa shape index (κ3) is 2.48. The van der Waals surface area contributed by atoms with Gasteiger partial charge in [0.25, 0.3) is 0 Å². The van der Waals surface area contributed by atoms with Crippen molar-refractivity contribution < 1.29 is 4.84 Å². The summed E-state index contributed by atoms with van der Waals surface area (Å²) in [5, 5.41) is 4.31. The van der Waals surface area contributed by atoms with Crippen molar-refractivity contribution in [3.8, 4) is 0 Å². The summed E-state index contributed by atoms with van der Waals surface area (Å²) < 4.78 is 0. The molecule has 2 aliphatic heterocycles. The predicted octanol–water partition coefficient (Wildman–Crippen LogP) is 2.02. The third-order valence-electron chi connectivity index (χ3n) is 4.29. The van der Waals surface area contributed by atoms with Crippen LogP contribution in [0.4, 0.5) is 0 Å². The Morgan fingerprint density at radius 2 is 1.91 bits per heavy atom. The van der Waals surface area contributed by atoms with Crippen molar-refractivity contribution in [3.63, 3.8) is 0 Å². The highest BCUT2D eigenvalue weighted by molar-refractivity contribution is 6.03. The molecular weight excluding hydrogens is 276 g/mol. The second kappa shape index (κ2) is 5.50. The fraction of sp³-hybridized carbons (Fsp3) is 0.353. The maximum absolute atomic E-state index is 5.65. The van der Waals surface area contributed by atoms with Gasteiger partial charge in [-0.15, -0.1) is 0 Å². The van der Waals surface area contributed by atoms with Crippen LogP contribution in [0.25, 0.3) is 0 Å². The van der Waals surface area contributed by atoms with Gasteiger partial charge in [-0.3, -0.25) is 4.90 Å². The molecule has 2 unspecified atom stereocenters. The molecule has 0 amide bonds. The van der Waals surface area contributed by atoms with Crippen LogP contribution in [0, 0.1) is 12.8 Å². The number of fused-ring (bicyclic) bond motifs is 1. The molecule has 1 fully saturated rings. The van der Waals surface area contributed by atoms with E-state index in [1.807, 2.05) is 37.5 Å². The van der Waals surface area contributed by atoms with E-state index < -0.39 is 0 Å². The minimum atomic E-state index is 0.168. The molecule has 5 heteroatoms. The van der Waals surface area contributed by atoms with Gasteiger partial charge in [-0.05, 0) is 12.5 Å². The molecule has 1 saturated heterocycles. The molecule has 0 aliphatic carbocycles. The molecule has 0 spiro atoms. The zero-order chi connectivity index (χ0) is 14.9. The lowest BCUT2D eigenvalue weighted by Gasteiger charge is -2.15. The predicted molar refractivity (Wildman–Crippen MR) is 83.4 cm³/mol. The average molecular weight is 294 g/mol. The fourth-order valence-electron chi connectivity index (χ4n) is 3.18. The molecule has 4 rings (SSSR count). The van der Waals surface area contributed by atoms with Gasteiger partial charge in [-0.1, -0.05) is 35.5 Å². The Morgan fingerprint density at radius 3 is 2.68 bits per heavy atom. The monoisotopic (exact) mass is 294 g/mol. The van der Waals surface area contributed by atoms with Crippen molar-refractivity contribution in [3.05, 3.63) is 59.7 Å². The first-order valence-corrected chi connectivity index (χ1v) is 7.58. The van der Waals surface area contributed by atoms with Crippen LogP contribution in [0.1, 0.15) is 17.0 Å². The van der Waals surface area contributed by atoms with Crippen LogP contribution in [0.2, 0.25) is 0 Å². The van der Waals surface area contributed by atoms with Crippen molar-refractivity contribution in [1.82, 2.24) is 14.9 Å². The molecule has 112 valence electrons. The van der Waals surface area contributed by atoms with E-state index in [0.717, 1.165) is 42.3 Å². The van der Waals surface area contributed by atoms with Crippen molar-refractivity contribution >= 4 is 5.71 Å². The van der Waals surface area contributed by atoms with Gasteiger partial charge in [0.15, 0.2) is 0 Å². The summed E-state index contributed by atoms with van der Waals surface area (Å²) in [5.41, 5.74) is 3.38. The van der Waals surface area contributed by atoms with Gasteiger partial charge in [-0.25, -0.2) is 9.97 Å². The molecule has 22 heavy (non-hydrogen) atoms. The van der Waals surface area contributed by atoms with Gasteiger partial charge in [0.2, 0.25) is 0 Å². The lowest BCUT2D eigenvalue weighted by Crippen LogP contribution is -2.23. The molecular formula is C17H18N4O. The highest BCUT2D eigenvalue weighted by Gasteiger charge is 2.42. The molecule has 0 radical (unpaired) electrons. The number of rotatable bonds is 3. The summed E-state index contributed by atoms with van der Waals surface area (Å²) in [5.74, 6) is 1.16. The van der Waals surface area contributed by atoms with Gasteiger partial charge in [0.05, 0.1) is 11.6 Å². The summed E-state index contributed by atoms with van der Waals surface area (Å²) in [6.45, 7) is 4.63. The van der Waals surface area contributed by atoms with Crippen molar-refractivity contribution in [2.75, 3.05) is 13.1 Å². The Balaban J connectivity index is 1.46. The van der Waals surface area contributed by atoms with Crippen molar-refractivity contribution in [2.24, 2.45) is 11.1 Å². The number of hydrogen-bond acceptors (Lipinski definition) is 5. The van der Waals surface area contributed by atoms with Gasteiger partial charge < -0.3 is 4.84 Å². The standard InChI is InChI=1S/C17H18N4O/c1-12-18-7-13(8-19-12)9-21-10-15-16(11-21)22-20-17(15)14-5-3-2-4-6-14/h2-8,15-16H,9-11H2,1H3. The Bertz CT molecular complexity index is 684. The van der Waals surface area contributed by atoms with Crippen LogP contribution in [0.15, 0.2) is 47.9 Å². The molecule has 5 nitrogen and oxygen atoms in total. The maximum Gasteiger partial charge on any atom is 0.149 e. The van der Waals surface area contributed by atoms with Crippen LogP contribution in [-0.4, -0.2) is 39.8 Å². The number of likely N-dealkylation sites (tertiary alicyclic amines) is 1. The number of aromatic nitrogens is 2. The second-order valence-electron chi connectivity index (χ2n) is 5.93. The number of hydrogen-bond donors (Lipinski definition) is 0. The molecule has 1 aromatic heterocycles. The van der Waals surface area contributed by atoms with E-state index in [9.17, 15) is 0 Å². The summed E-state index contributed by atoms with van der Waals surface area (Å²) >= 11 is 0. The van der Waals surface area contributed by atoms with E-state index in [-0.39, 0.29) is 6.10 Å². The highest BCUT2D eigenvalue weighted by atomic mass is 16.6. The van der Waals surface area contributed by atoms with Crippen molar-refractivity contribution in [2.45, 2.75) is 19.6 Å². The SMILES string of the molecule is Cc1ncc(CN2CC3ON=C(c4ccccc4)C3C2)cn1. The Labute approximate surface area is 129 Å². The normalized spacial score (nSPS) is 24.0. The minimum absolute atomic E-state index is 0.168. The van der Waals surface area contributed by atoms with Crippen molar-refractivity contribution in [1.29, 1.82) is 0 Å². The summed E-state index contributed by atoms with van der Waals surface area (Å²) in [4.78, 5) is 16.6. The van der Waals surface area contributed by atoms with Crippen LogP contribution < -0.4 is 0 Å². The molecule has 1 aromatic carbocycles. The summed E-state index contributed by atoms with van der Waals surface area (Å²) in [6, 6.07) is 10.3. The first kappa shape index (κ1) is 13.4. The second-order valence-corrected chi connectivity index (χ2v) is 5.93. The average Bonchev–Trinajstić information content (AvgIpc) is 3.10. The van der Waals surface area contributed by atoms with E-state index in [1.54, 1.807) is 0 Å². The number of aryl methyl sites for hydroxylation is 1. The fourth-order valence-corrected chi connectivity index (χ4v) is 3.18. The van der Waals surface area contributed by atoms with Crippen LogP contribution in [0.5, 0.6) is 0 Å². The third-order valence-corrected chi connectivity index (χ3v) is 4.29.